The third-order valence-electron chi connectivity index (χ3n) is 2.48. The number of nitrogens with zero attached hydrogens (tertiary/aromatic N) is 2. The molecule has 3 N–H and O–H groups in total. The molecular formula is C11H11BrN4O2S. The molecule has 6 nitrogen and oxygen atoms in total. The van der Waals surface area contributed by atoms with E-state index in [4.69, 9.17) is 11.1 Å². The number of nitrogen functional groups attached to an aromatic ring is 1. The summed E-state index contributed by atoms with van der Waals surface area (Å²) in [5.41, 5.74) is 6.52. The van der Waals surface area contributed by atoms with Crippen molar-refractivity contribution in [2.75, 3.05) is 6.26 Å². The van der Waals surface area contributed by atoms with Gasteiger partial charge in [0, 0.05) is 22.5 Å². The fourth-order valence-corrected chi connectivity index (χ4v) is 2.43. The lowest BCUT2D eigenvalue weighted by atomic mass is 10.1. The van der Waals surface area contributed by atoms with Gasteiger partial charge in [0.25, 0.3) is 0 Å². The molecule has 2 aromatic rings. The van der Waals surface area contributed by atoms with Crippen LogP contribution in [0.25, 0.3) is 5.69 Å². The van der Waals surface area contributed by atoms with E-state index in [0.29, 0.717) is 11.3 Å². The lowest BCUT2D eigenvalue weighted by Gasteiger charge is -2.08. The summed E-state index contributed by atoms with van der Waals surface area (Å²) < 4.78 is 25.0. The smallest absolute Gasteiger partial charge is 0.178 e. The van der Waals surface area contributed by atoms with Gasteiger partial charge in [-0.2, -0.15) is 5.10 Å². The van der Waals surface area contributed by atoms with Gasteiger partial charge >= 0.3 is 0 Å². The van der Waals surface area contributed by atoms with Crippen molar-refractivity contribution in [3.05, 3.63) is 40.6 Å². The second-order valence-electron chi connectivity index (χ2n) is 3.97. The number of sulfone groups is 1. The molecular weight excluding hydrogens is 332 g/mol. The van der Waals surface area contributed by atoms with Crippen LogP contribution in [0.3, 0.4) is 0 Å². The van der Waals surface area contributed by atoms with Gasteiger partial charge in [0.1, 0.15) is 10.7 Å². The van der Waals surface area contributed by atoms with E-state index in [-0.39, 0.29) is 10.7 Å². The Morgan fingerprint density at radius 2 is 2.16 bits per heavy atom. The topological polar surface area (TPSA) is 102 Å². The summed E-state index contributed by atoms with van der Waals surface area (Å²) in [6, 6.07) is 5.14. The van der Waals surface area contributed by atoms with Crippen molar-refractivity contribution in [1.29, 1.82) is 5.41 Å². The number of aromatic nitrogens is 2. The molecule has 0 spiro atoms. The van der Waals surface area contributed by atoms with Crippen molar-refractivity contribution in [2.45, 2.75) is 4.90 Å². The van der Waals surface area contributed by atoms with Gasteiger partial charge in [0.15, 0.2) is 9.84 Å². The van der Waals surface area contributed by atoms with Crippen molar-refractivity contribution in [3.8, 4) is 5.69 Å². The van der Waals surface area contributed by atoms with Crippen LogP contribution in [0.1, 0.15) is 5.56 Å². The highest BCUT2D eigenvalue weighted by atomic mass is 79.9. The Bertz CT molecular complexity index is 752. The minimum Gasteiger partial charge on any atom is -0.384 e. The van der Waals surface area contributed by atoms with Crippen LogP contribution in [-0.4, -0.2) is 30.3 Å². The molecule has 0 fully saturated rings. The van der Waals surface area contributed by atoms with Crippen LogP contribution < -0.4 is 5.73 Å². The predicted molar refractivity (Wildman–Crippen MR) is 75.4 cm³/mol. The molecule has 8 heteroatoms. The number of hydrogen-bond donors (Lipinski definition) is 2. The van der Waals surface area contributed by atoms with Crippen LogP contribution in [0.5, 0.6) is 0 Å². The Morgan fingerprint density at radius 1 is 1.47 bits per heavy atom. The van der Waals surface area contributed by atoms with E-state index in [2.05, 4.69) is 21.0 Å². The molecule has 0 aliphatic rings. The first-order valence-corrected chi connectivity index (χ1v) is 7.86. The van der Waals surface area contributed by atoms with Crippen LogP contribution in [0.2, 0.25) is 0 Å². The number of hydrogen-bond acceptors (Lipinski definition) is 4. The second kappa shape index (κ2) is 4.78. The van der Waals surface area contributed by atoms with E-state index >= 15 is 0 Å². The van der Waals surface area contributed by atoms with Gasteiger partial charge in [-0.25, -0.2) is 13.1 Å². The lowest BCUT2D eigenvalue weighted by molar-refractivity contribution is 0.602. The van der Waals surface area contributed by atoms with E-state index in [9.17, 15) is 8.42 Å². The Balaban J connectivity index is 2.62. The molecule has 0 atom stereocenters. The van der Waals surface area contributed by atoms with Crippen LogP contribution in [0.15, 0.2) is 40.0 Å². The third-order valence-corrected chi connectivity index (χ3v) is 4.04. The molecule has 1 aromatic heterocycles. The quantitative estimate of drug-likeness (QED) is 0.648. The monoisotopic (exact) mass is 342 g/mol. The highest BCUT2D eigenvalue weighted by Crippen LogP contribution is 2.21. The van der Waals surface area contributed by atoms with Crippen molar-refractivity contribution < 1.29 is 8.42 Å². The van der Waals surface area contributed by atoms with Crippen LogP contribution >= 0.6 is 15.9 Å². The molecule has 2 rings (SSSR count). The molecule has 0 radical (unpaired) electrons. The molecule has 0 aliphatic heterocycles. The average Bonchev–Trinajstić information content (AvgIpc) is 2.77. The fraction of sp³-hybridized carbons (Fsp3) is 0.0909. The van der Waals surface area contributed by atoms with Gasteiger partial charge in [0.05, 0.1) is 11.9 Å². The number of amidine groups is 1. The van der Waals surface area contributed by atoms with E-state index in [1.54, 1.807) is 18.2 Å². The maximum atomic E-state index is 11.4. The van der Waals surface area contributed by atoms with Crippen LogP contribution in [0, 0.1) is 5.41 Å². The Kier molecular flexibility index (Phi) is 3.46. The molecule has 0 bridgehead atoms. The second-order valence-corrected chi connectivity index (χ2v) is 6.90. The summed E-state index contributed by atoms with van der Waals surface area (Å²) >= 11 is 3.32. The number of rotatable bonds is 3. The number of nitrogens with one attached hydrogen (secondary N) is 1. The maximum Gasteiger partial charge on any atom is 0.178 e. The van der Waals surface area contributed by atoms with Gasteiger partial charge < -0.3 is 5.73 Å². The number of benzene rings is 1. The van der Waals surface area contributed by atoms with E-state index in [1.165, 1.54) is 17.1 Å². The van der Waals surface area contributed by atoms with Gasteiger partial charge in [-0.05, 0) is 18.2 Å². The Hall–Kier alpha value is -1.67. The number of halogens is 1. The molecule has 19 heavy (non-hydrogen) atoms. The molecule has 0 saturated heterocycles. The first-order chi connectivity index (χ1) is 8.79. The zero-order chi connectivity index (χ0) is 14.2. The third kappa shape index (κ3) is 2.85. The van der Waals surface area contributed by atoms with Crippen LogP contribution in [-0.2, 0) is 9.84 Å². The SMILES string of the molecule is CS(=O)(=O)c1cnn(-c2cc(Br)ccc2C(=N)N)c1. The summed E-state index contributed by atoms with van der Waals surface area (Å²) in [5, 5.41) is 11.5. The van der Waals surface area contributed by atoms with Crippen molar-refractivity contribution in [1.82, 2.24) is 9.78 Å². The highest BCUT2D eigenvalue weighted by Gasteiger charge is 2.14. The largest absolute Gasteiger partial charge is 0.384 e. The van der Waals surface area contributed by atoms with Gasteiger partial charge in [-0.3, -0.25) is 5.41 Å². The van der Waals surface area contributed by atoms with Crippen molar-refractivity contribution in [3.63, 3.8) is 0 Å². The lowest BCUT2D eigenvalue weighted by Crippen LogP contribution is -2.15. The molecule has 0 saturated carbocycles. The molecule has 0 amide bonds. The zero-order valence-corrected chi connectivity index (χ0v) is 12.4. The first kappa shape index (κ1) is 13.8. The average molecular weight is 343 g/mol. The minimum atomic E-state index is -3.31. The standard InChI is InChI=1S/C11H11BrN4O2S/c1-19(17,18)8-5-15-16(6-8)10-4-7(12)2-3-9(10)11(13)14/h2-6H,1H3,(H3,13,14). The molecule has 1 heterocycles. The number of nitrogens with two attached hydrogens (primary N) is 1. The maximum absolute atomic E-state index is 11.4. The van der Waals surface area contributed by atoms with Gasteiger partial charge in [-0.15, -0.1) is 0 Å². The Labute approximate surface area is 118 Å². The Morgan fingerprint density at radius 3 is 2.68 bits per heavy atom. The van der Waals surface area contributed by atoms with E-state index < -0.39 is 9.84 Å². The molecule has 0 unspecified atom stereocenters. The van der Waals surface area contributed by atoms with Gasteiger partial charge in [-0.1, -0.05) is 15.9 Å². The summed E-state index contributed by atoms with van der Waals surface area (Å²) in [5.74, 6) is -0.112. The molecule has 100 valence electrons. The summed E-state index contributed by atoms with van der Waals surface area (Å²) in [6.07, 6.45) is 3.77. The van der Waals surface area contributed by atoms with Crippen molar-refractivity contribution in [2.24, 2.45) is 5.73 Å². The predicted octanol–water partition coefficient (Wildman–Crippen LogP) is 1.32. The van der Waals surface area contributed by atoms with Crippen LogP contribution in [0.4, 0.5) is 0 Å². The van der Waals surface area contributed by atoms with Gasteiger partial charge in [0.2, 0.25) is 0 Å². The van der Waals surface area contributed by atoms with Crippen molar-refractivity contribution >= 4 is 31.6 Å². The van der Waals surface area contributed by atoms with E-state index in [1.807, 2.05) is 0 Å². The highest BCUT2D eigenvalue weighted by molar-refractivity contribution is 9.10. The minimum absolute atomic E-state index is 0.112. The summed E-state index contributed by atoms with van der Waals surface area (Å²) in [4.78, 5) is 0.113. The summed E-state index contributed by atoms with van der Waals surface area (Å²) in [6.45, 7) is 0. The molecule has 0 aliphatic carbocycles. The first-order valence-electron chi connectivity index (χ1n) is 5.18. The zero-order valence-electron chi connectivity index (χ0n) is 9.96. The summed E-state index contributed by atoms with van der Waals surface area (Å²) in [7, 11) is -3.31. The molecule has 1 aromatic carbocycles. The fourth-order valence-electron chi connectivity index (χ4n) is 1.55. The normalized spacial score (nSPS) is 11.5. The van der Waals surface area contributed by atoms with E-state index in [0.717, 1.165) is 10.7 Å².